The van der Waals surface area contributed by atoms with Gasteiger partial charge in [-0.15, -0.1) is 0 Å². The molecule has 144 valence electrons. The molecule has 0 spiro atoms. The number of halogens is 1. The average molecular weight is 390 g/mol. The maximum atomic E-state index is 11.4. The third-order valence-corrected chi connectivity index (χ3v) is 4.83. The van der Waals surface area contributed by atoms with Gasteiger partial charge >= 0.3 is 0 Å². The second-order valence-electron chi connectivity index (χ2n) is 6.73. The fourth-order valence-corrected chi connectivity index (χ4v) is 3.60. The molecular weight excluding hydrogens is 366 g/mol. The number of hydrogen-bond donors (Lipinski definition) is 2. The van der Waals surface area contributed by atoms with Crippen LogP contribution in [0.25, 0.3) is 0 Å². The molecule has 0 aliphatic carbocycles. The predicted molar refractivity (Wildman–Crippen MR) is 107 cm³/mol. The zero-order valence-electron chi connectivity index (χ0n) is 15.8. The van der Waals surface area contributed by atoms with Gasteiger partial charge in [0.2, 0.25) is 11.9 Å². The third kappa shape index (κ3) is 4.48. The summed E-state index contributed by atoms with van der Waals surface area (Å²) in [5.41, 5.74) is 9.25. The van der Waals surface area contributed by atoms with Crippen LogP contribution in [0.4, 0.5) is 17.5 Å². The number of aromatic nitrogens is 2. The number of anilines is 3. The van der Waals surface area contributed by atoms with Crippen LogP contribution in [0.1, 0.15) is 36.2 Å². The lowest BCUT2D eigenvalue weighted by molar-refractivity contribution is -0.114. The van der Waals surface area contributed by atoms with Crippen LogP contribution in [-0.4, -0.2) is 35.6 Å². The van der Waals surface area contributed by atoms with Crippen molar-refractivity contribution in [1.29, 1.82) is 0 Å². The van der Waals surface area contributed by atoms with Gasteiger partial charge in [-0.3, -0.25) is 4.79 Å². The molecule has 2 aromatic rings. The van der Waals surface area contributed by atoms with Crippen LogP contribution in [-0.2, 0) is 9.53 Å². The quantitative estimate of drug-likeness (QED) is 0.836. The van der Waals surface area contributed by atoms with Gasteiger partial charge in [0.05, 0.1) is 12.6 Å². The first-order valence-corrected chi connectivity index (χ1v) is 9.26. The summed E-state index contributed by atoms with van der Waals surface area (Å²) in [6, 6.07) is 5.59. The molecule has 7 nitrogen and oxygen atoms in total. The smallest absolute Gasteiger partial charge is 0.222 e. The lowest BCUT2D eigenvalue weighted by atomic mass is 10.0. The highest BCUT2D eigenvalue weighted by molar-refractivity contribution is 6.31. The second kappa shape index (κ2) is 8.10. The first kappa shape index (κ1) is 19.4. The first-order valence-electron chi connectivity index (χ1n) is 8.88. The lowest BCUT2D eigenvalue weighted by Crippen LogP contribution is -2.32. The lowest BCUT2D eigenvalue weighted by Gasteiger charge is -2.32. The number of carbonyl (C=O) groups is 1. The largest absolute Gasteiger partial charge is 0.379 e. The van der Waals surface area contributed by atoms with Crippen molar-refractivity contribution in [2.75, 3.05) is 35.7 Å². The predicted octanol–water partition coefficient (Wildman–Crippen LogP) is 3.26. The molecule has 1 aromatic heterocycles. The molecule has 0 saturated carbocycles. The molecule has 1 fully saturated rings. The van der Waals surface area contributed by atoms with Gasteiger partial charge in [0.1, 0.15) is 5.82 Å². The van der Waals surface area contributed by atoms with Crippen LogP contribution in [0.5, 0.6) is 0 Å². The molecule has 27 heavy (non-hydrogen) atoms. The van der Waals surface area contributed by atoms with E-state index in [0.717, 1.165) is 35.6 Å². The Kier molecular flexibility index (Phi) is 5.82. The molecule has 3 N–H and O–H groups in total. The molecule has 1 aliphatic heterocycles. The Hall–Kier alpha value is -2.38. The number of nitrogens with two attached hydrogens (primary N) is 1. The zero-order valence-corrected chi connectivity index (χ0v) is 16.5. The van der Waals surface area contributed by atoms with E-state index in [1.807, 2.05) is 26.0 Å². The van der Waals surface area contributed by atoms with E-state index in [1.54, 1.807) is 6.07 Å². The van der Waals surface area contributed by atoms with Gasteiger partial charge in [0, 0.05) is 42.5 Å². The Morgan fingerprint density at radius 3 is 2.81 bits per heavy atom. The Morgan fingerprint density at radius 2 is 2.11 bits per heavy atom. The van der Waals surface area contributed by atoms with E-state index < -0.39 is 0 Å². The fraction of sp³-hybridized carbons (Fsp3) is 0.421. The van der Waals surface area contributed by atoms with Crippen LogP contribution in [0.3, 0.4) is 0 Å². The monoisotopic (exact) mass is 389 g/mol. The molecule has 1 aromatic carbocycles. The van der Waals surface area contributed by atoms with Crippen molar-refractivity contribution in [2.45, 2.75) is 33.2 Å². The molecule has 1 amide bonds. The van der Waals surface area contributed by atoms with E-state index in [0.29, 0.717) is 23.9 Å². The minimum atomic E-state index is -0.131. The number of nitrogen functional groups attached to an aromatic ring is 1. The number of nitrogens with one attached hydrogen (secondary N) is 1. The van der Waals surface area contributed by atoms with Crippen molar-refractivity contribution in [3.63, 3.8) is 0 Å². The average Bonchev–Trinajstić information content (AvgIpc) is 2.82. The van der Waals surface area contributed by atoms with Crippen molar-refractivity contribution < 1.29 is 9.53 Å². The molecule has 1 saturated heterocycles. The van der Waals surface area contributed by atoms with Crippen molar-refractivity contribution in [1.82, 2.24) is 9.97 Å². The van der Waals surface area contributed by atoms with Crippen molar-refractivity contribution in [3.8, 4) is 0 Å². The molecule has 0 radical (unpaired) electrons. The normalized spacial score (nSPS) is 17.5. The van der Waals surface area contributed by atoms with Crippen LogP contribution >= 0.6 is 11.6 Å². The van der Waals surface area contributed by atoms with Gasteiger partial charge < -0.3 is 20.7 Å². The number of aryl methyl sites for hydroxylation is 2. The Bertz CT molecular complexity index is 838. The number of nitrogens with zero attached hydrogens (tertiary/aromatic N) is 3. The van der Waals surface area contributed by atoms with Gasteiger partial charge in [0.25, 0.3) is 0 Å². The SMILES string of the molecule is CC(=O)Nc1cc(Cl)c(C2COCCCN2c2cc(C)nc(N)n2)cc1C. The Morgan fingerprint density at radius 1 is 1.33 bits per heavy atom. The summed E-state index contributed by atoms with van der Waals surface area (Å²) in [6.45, 7) is 7.24. The minimum absolute atomic E-state index is 0.112. The number of amides is 1. The Balaban J connectivity index is 2.03. The van der Waals surface area contributed by atoms with Crippen molar-refractivity contribution in [2.24, 2.45) is 0 Å². The number of rotatable bonds is 3. The molecule has 8 heteroatoms. The van der Waals surface area contributed by atoms with Gasteiger partial charge in [-0.2, -0.15) is 4.98 Å². The summed E-state index contributed by atoms with van der Waals surface area (Å²) in [4.78, 5) is 22.1. The summed E-state index contributed by atoms with van der Waals surface area (Å²) >= 11 is 6.60. The van der Waals surface area contributed by atoms with Crippen molar-refractivity contribution >= 4 is 35.0 Å². The van der Waals surface area contributed by atoms with E-state index in [2.05, 4.69) is 20.2 Å². The standard InChI is InChI=1S/C19H24ClN5O2/c1-11-7-14(15(20)9-16(11)23-13(3)26)17-10-27-6-4-5-25(17)18-8-12(2)22-19(21)24-18/h7-9,17H,4-6,10H2,1-3H3,(H,23,26)(H2,21,22,24). The van der Waals surface area contributed by atoms with Crippen LogP contribution in [0.15, 0.2) is 18.2 Å². The summed E-state index contributed by atoms with van der Waals surface area (Å²) in [5, 5.41) is 3.38. The number of carbonyl (C=O) groups excluding carboxylic acids is 1. The van der Waals surface area contributed by atoms with Gasteiger partial charge in [-0.25, -0.2) is 4.98 Å². The number of benzene rings is 1. The van der Waals surface area contributed by atoms with Gasteiger partial charge in [-0.05, 0) is 37.5 Å². The van der Waals surface area contributed by atoms with E-state index >= 15 is 0 Å². The summed E-state index contributed by atoms with van der Waals surface area (Å²) in [6.07, 6.45) is 0.875. The third-order valence-electron chi connectivity index (χ3n) is 4.51. The minimum Gasteiger partial charge on any atom is -0.379 e. The van der Waals surface area contributed by atoms with Gasteiger partial charge in [0.15, 0.2) is 0 Å². The Labute approximate surface area is 163 Å². The maximum Gasteiger partial charge on any atom is 0.222 e. The van der Waals surface area contributed by atoms with Crippen LogP contribution < -0.4 is 16.0 Å². The van der Waals surface area contributed by atoms with Crippen LogP contribution in [0, 0.1) is 13.8 Å². The van der Waals surface area contributed by atoms with E-state index in [-0.39, 0.29) is 17.9 Å². The molecule has 1 atom stereocenters. The second-order valence-corrected chi connectivity index (χ2v) is 7.14. The van der Waals surface area contributed by atoms with Gasteiger partial charge in [-0.1, -0.05) is 17.7 Å². The number of ether oxygens (including phenoxy) is 1. The summed E-state index contributed by atoms with van der Waals surface area (Å²) in [5.74, 6) is 0.876. The molecule has 1 unspecified atom stereocenters. The number of hydrogen-bond acceptors (Lipinski definition) is 6. The zero-order chi connectivity index (χ0) is 19.6. The van der Waals surface area contributed by atoms with E-state index in [4.69, 9.17) is 22.1 Å². The highest BCUT2D eigenvalue weighted by Gasteiger charge is 2.27. The van der Waals surface area contributed by atoms with Crippen molar-refractivity contribution in [3.05, 3.63) is 40.0 Å². The van der Waals surface area contributed by atoms with Crippen LogP contribution in [0.2, 0.25) is 5.02 Å². The topological polar surface area (TPSA) is 93.4 Å². The van der Waals surface area contributed by atoms with E-state index in [1.165, 1.54) is 6.92 Å². The highest BCUT2D eigenvalue weighted by Crippen LogP contribution is 2.35. The first-order chi connectivity index (χ1) is 12.8. The molecule has 2 heterocycles. The summed E-state index contributed by atoms with van der Waals surface area (Å²) in [7, 11) is 0. The molecular formula is C19H24ClN5O2. The highest BCUT2D eigenvalue weighted by atomic mass is 35.5. The molecule has 3 rings (SSSR count). The maximum absolute atomic E-state index is 11.4. The summed E-state index contributed by atoms with van der Waals surface area (Å²) < 4.78 is 5.82. The molecule has 0 bridgehead atoms. The molecule has 1 aliphatic rings. The fourth-order valence-electron chi connectivity index (χ4n) is 3.31. The van der Waals surface area contributed by atoms with E-state index in [9.17, 15) is 4.79 Å².